The molecule has 1 saturated heterocycles. The smallest absolute Gasteiger partial charge is 0.250 e. The summed E-state index contributed by atoms with van der Waals surface area (Å²) in [5.74, 6) is 0. The van der Waals surface area contributed by atoms with Gasteiger partial charge in [-0.05, 0) is 31.9 Å². The standard InChI is InChI=1S/C11H16N2O/c14-11-5-1-2-8-13(11)9-6-10-4-3-7-12-10/h1-2,5,8,10,12H,3-4,6-7,9H2. The molecule has 2 rings (SSSR count). The Morgan fingerprint density at radius 2 is 2.43 bits per heavy atom. The van der Waals surface area contributed by atoms with Crippen molar-refractivity contribution in [3.05, 3.63) is 34.7 Å². The molecule has 1 unspecified atom stereocenters. The van der Waals surface area contributed by atoms with Gasteiger partial charge in [0.2, 0.25) is 5.56 Å². The normalized spacial score (nSPS) is 21.3. The first-order valence-electron chi connectivity index (χ1n) is 5.25. The van der Waals surface area contributed by atoms with Gasteiger partial charge >= 0.3 is 0 Å². The van der Waals surface area contributed by atoms with Crippen molar-refractivity contribution in [2.75, 3.05) is 6.54 Å². The summed E-state index contributed by atoms with van der Waals surface area (Å²) < 4.78 is 1.78. The van der Waals surface area contributed by atoms with Crippen LogP contribution < -0.4 is 10.9 Å². The lowest BCUT2D eigenvalue weighted by molar-refractivity contribution is 0.498. The fourth-order valence-electron chi connectivity index (χ4n) is 1.94. The molecular weight excluding hydrogens is 176 g/mol. The lowest BCUT2D eigenvalue weighted by Gasteiger charge is -2.10. The molecule has 76 valence electrons. The molecule has 0 saturated carbocycles. The van der Waals surface area contributed by atoms with E-state index in [9.17, 15) is 4.79 Å². The van der Waals surface area contributed by atoms with Gasteiger partial charge in [-0.1, -0.05) is 6.07 Å². The maximum absolute atomic E-state index is 11.4. The molecule has 3 nitrogen and oxygen atoms in total. The first-order valence-corrected chi connectivity index (χ1v) is 5.25. The molecule has 2 heterocycles. The molecule has 1 aromatic heterocycles. The maximum Gasteiger partial charge on any atom is 0.250 e. The lowest BCUT2D eigenvalue weighted by atomic mass is 10.1. The first kappa shape index (κ1) is 9.46. The van der Waals surface area contributed by atoms with Gasteiger partial charge in [0.1, 0.15) is 0 Å². The summed E-state index contributed by atoms with van der Waals surface area (Å²) in [5, 5.41) is 3.43. The molecule has 1 aliphatic heterocycles. The van der Waals surface area contributed by atoms with Crippen molar-refractivity contribution in [1.82, 2.24) is 9.88 Å². The third-order valence-corrected chi connectivity index (χ3v) is 2.78. The molecular formula is C11H16N2O. The second kappa shape index (κ2) is 4.42. The Morgan fingerprint density at radius 3 is 3.14 bits per heavy atom. The summed E-state index contributed by atoms with van der Waals surface area (Å²) in [7, 11) is 0. The molecule has 1 N–H and O–H groups in total. The van der Waals surface area contributed by atoms with Crippen LogP contribution in [0.5, 0.6) is 0 Å². The van der Waals surface area contributed by atoms with Crippen LogP contribution in [0, 0.1) is 0 Å². The number of nitrogens with one attached hydrogen (secondary N) is 1. The monoisotopic (exact) mass is 192 g/mol. The molecule has 0 amide bonds. The van der Waals surface area contributed by atoms with Crippen LogP contribution in [0.25, 0.3) is 0 Å². The Kier molecular flexibility index (Phi) is 2.99. The molecule has 0 spiro atoms. The van der Waals surface area contributed by atoms with E-state index in [4.69, 9.17) is 0 Å². The molecule has 1 aromatic rings. The predicted molar refractivity (Wildman–Crippen MR) is 56.3 cm³/mol. The largest absolute Gasteiger partial charge is 0.315 e. The number of rotatable bonds is 3. The average Bonchev–Trinajstić information content (AvgIpc) is 2.69. The van der Waals surface area contributed by atoms with Gasteiger partial charge in [-0.15, -0.1) is 0 Å². The van der Waals surface area contributed by atoms with E-state index in [1.54, 1.807) is 16.7 Å². The number of nitrogens with zero attached hydrogens (tertiary/aromatic N) is 1. The van der Waals surface area contributed by atoms with Crippen LogP contribution in [-0.2, 0) is 6.54 Å². The first-order chi connectivity index (χ1) is 6.86. The number of aromatic nitrogens is 1. The summed E-state index contributed by atoms with van der Waals surface area (Å²) >= 11 is 0. The summed E-state index contributed by atoms with van der Waals surface area (Å²) in [6, 6.07) is 5.92. The van der Waals surface area contributed by atoms with Crippen molar-refractivity contribution in [2.45, 2.75) is 31.8 Å². The number of hydrogen-bond donors (Lipinski definition) is 1. The summed E-state index contributed by atoms with van der Waals surface area (Å²) in [4.78, 5) is 11.4. The summed E-state index contributed by atoms with van der Waals surface area (Å²) in [6.07, 6.45) is 5.44. The fraction of sp³-hybridized carbons (Fsp3) is 0.545. The molecule has 1 fully saturated rings. The van der Waals surface area contributed by atoms with Crippen molar-refractivity contribution in [2.24, 2.45) is 0 Å². The van der Waals surface area contributed by atoms with E-state index >= 15 is 0 Å². The van der Waals surface area contributed by atoms with Crippen LogP contribution in [0.4, 0.5) is 0 Å². The third kappa shape index (κ3) is 2.23. The Labute approximate surface area is 83.8 Å². The summed E-state index contributed by atoms with van der Waals surface area (Å²) in [6.45, 7) is 1.96. The minimum Gasteiger partial charge on any atom is -0.315 e. The van der Waals surface area contributed by atoms with E-state index in [1.165, 1.54) is 12.8 Å². The second-order valence-electron chi connectivity index (χ2n) is 3.81. The quantitative estimate of drug-likeness (QED) is 0.775. The van der Waals surface area contributed by atoms with Crippen LogP contribution in [0.2, 0.25) is 0 Å². The highest BCUT2D eigenvalue weighted by atomic mass is 16.1. The average molecular weight is 192 g/mol. The van der Waals surface area contributed by atoms with E-state index in [1.807, 2.05) is 12.3 Å². The zero-order chi connectivity index (χ0) is 9.80. The fourth-order valence-corrected chi connectivity index (χ4v) is 1.94. The van der Waals surface area contributed by atoms with Gasteiger partial charge in [-0.2, -0.15) is 0 Å². The van der Waals surface area contributed by atoms with E-state index in [2.05, 4.69) is 5.32 Å². The van der Waals surface area contributed by atoms with Gasteiger partial charge in [-0.3, -0.25) is 4.79 Å². The van der Waals surface area contributed by atoms with E-state index in [0.29, 0.717) is 6.04 Å². The maximum atomic E-state index is 11.4. The minimum absolute atomic E-state index is 0.102. The van der Waals surface area contributed by atoms with E-state index < -0.39 is 0 Å². The number of pyridine rings is 1. The van der Waals surface area contributed by atoms with Crippen LogP contribution in [0.15, 0.2) is 29.2 Å². The van der Waals surface area contributed by atoms with Crippen LogP contribution >= 0.6 is 0 Å². The molecule has 0 aliphatic carbocycles. The molecule has 0 radical (unpaired) electrons. The van der Waals surface area contributed by atoms with Crippen LogP contribution in [0.1, 0.15) is 19.3 Å². The van der Waals surface area contributed by atoms with Gasteiger partial charge in [0, 0.05) is 24.8 Å². The molecule has 14 heavy (non-hydrogen) atoms. The second-order valence-corrected chi connectivity index (χ2v) is 3.81. The van der Waals surface area contributed by atoms with E-state index in [-0.39, 0.29) is 5.56 Å². The number of hydrogen-bond acceptors (Lipinski definition) is 2. The zero-order valence-corrected chi connectivity index (χ0v) is 8.28. The Hall–Kier alpha value is -1.09. The van der Waals surface area contributed by atoms with Gasteiger partial charge in [-0.25, -0.2) is 0 Å². The van der Waals surface area contributed by atoms with Crippen molar-refractivity contribution in [1.29, 1.82) is 0 Å². The van der Waals surface area contributed by atoms with Crippen molar-refractivity contribution in [3.8, 4) is 0 Å². The topological polar surface area (TPSA) is 34.0 Å². The molecule has 3 heteroatoms. The third-order valence-electron chi connectivity index (χ3n) is 2.78. The Balaban J connectivity index is 1.91. The Bertz CT molecular complexity index is 339. The zero-order valence-electron chi connectivity index (χ0n) is 8.28. The minimum atomic E-state index is 0.102. The van der Waals surface area contributed by atoms with Crippen molar-refractivity contribution < 1.29 is 0 Å². The molecule has 1 aliphatic rings. The molecule has 0 aromatic carbocycles. The highest BCUT2D eigenvalue weighted by Crippen LogP contribution is 2.08. The van der Waals surface area contributed by atoms with Crippen LogP contribution in [-0.4, -0.2) is 17.2 Å². The molecule has 0 bridgehead atoms. The van der Waals surface area contributed by atoms with E-state index in [0.717, 1.165) is 19.5 Å². The van der Waals surface area contributed by atoms with Crippen molar-refractivity contribution in [3.63, 3.8) is 0 Å². The highest BCUT2D eigenvalue weighted by Gasteiger charge is 2.13. The SMILES string of the molecule is O=c1ccccn1CCC1CCCN1. The van der Waals surface area contributed by atoms with Crippen LogP contribution in [0.3, 0.4) is 0 Å². The number of aryl methyl sites for hydroxylation is 1. The Morgan fingerprint density at radius 1 is 1.50 bits per heavy atom. The lowest BCUT2D eigenvalue weighted by Crippen LogP contribution is -2.26. The van der Waals surface area contributed by atoms with Gasteiger partial charge in [0.05, 0.1) is 0 Å². The van der Waals surface area contributed by atoms with Gasteiger partial charge < -0.3 is 9.88 Å². The van der Waals surface area contributed by atoms with Gasteiger partial charge in [0.25, 0.3) is 0 Å². The highest BCUT2D eigenvalue weighted by molar-refractivity contribution is 4.93. The molecule has 1 atom stereocenters. The summed E-state index contributed by atoms with van der Waals surface area (Å²) in [5.41, 5.74) is 0.102. The predicted octanol–water partition coefficient (Wildman–Crippen LogP) is 0.990. The van der Waals surface area contributed by atoms with Gasteiger partial charge in [0.15, 0.2) is 0 Å². The van der Waals surface area contributed by atoms with Crippen molar-refractivity contribution >= 4 is 0 Å².